The number of aliphatic hydroxyl groups is 1. The molecule has 0 heterocycles. The van der Waals surface area contributed by atoms with Crippen LogP contribution in [0, 0.1) is 11.8 Å². The van der Waals surface area contributed by atoms with Crippen LogP contribution >= 0.6 is 0 Å². The number of aliphatic hydroxyl groups excluding tert-OH is 1. The van der Waals surface area contributed by atoms with Crippen molar-refractivity contribution in [2.24, 2.45) is 11.8 Å². The van der Waals surface area contributed by atoms with Crippen molar-refractivity contribution in [3.63, 3.8) is 0 Å². The van der Waals surface area contributed by atoms with Crippen molar-refractivity contribution in [2.45, 2.75) is 12.3 Å². The zero-order chi connectivity index (χ0) is 8.13. The predicted molar refractivity (Wildman–Crippen MR) is 47.0 cm³/mol. The van der Waals surface area contributed by atoms with Crippen LogP contribution in [0.3, 0.4) is 0 Å². The van der Waals surface area contributed by atoms with E-state index in [1.54, 1.807) is 0 Å². The molecule has 1 aromatic rings. The van der Waals surface area contributed by atoms with Gasteiger partial charge in [0.1, 0.15) is 0 Å². The Hall–Kier alpha value is -0.820. The molecule has 0 bridgehead atoms. The van der Waals surface area contributed by atoms with Crippen molar-refractivity contribution < 1.29 is 5.11 Å². The monoisotopic (exact) mass is 160 g/mol. The third-order valence-corrected chi connectivity index (χ3v) is 3.41. The van der Waals surface area contributed by atoms with E-state index in [1.807, 2.05) is 0 Å². The van der Waals surface area contributed by atoms with Crippen LogP contribution in [-0.4, -0.2) is 11.7 Å². The molecule has 0 aromatic heterocycles. The Labute approximate surface area is 72.0 Å². The van der Waals surface area contributed by atoms with Gasteiger partial charge in [-0.25, -0.2) is 0 Å². The van der Waals surface area contributed by atoms with Crippen LogP contribution in [0.25, 0.3) is 0 Å². The molecule has 1 heteroatoms. The summed E-state index contributed by atoms with van der Waals surface area (Å²) in [5.74, 6) is 2.05. The van der Waals surface area contributed by atoms with Gasteiger partial charge >= 0.3 is 0 Å². The van der Waals surface area contributed by atoms with Crippen molar-refractivity contribution in [1.29, 1.82) is 0 Å². The van der Waals surface area contributed by atoms with E-state index in [1.165, 1.54) is 17.5 Å². The lowest BCUT2D eigenvalue weighted by molar-refractivity contribution is 0.265. The van der Waals surface area contributed by atoms with Crippen LogP contribution in [0.2, 0.25) is 0 Å². The summed E-state index contributed by atoms with van der Waals surface area (Å²) in [6.07, 6.45) is 1.20. The first kappa shape index (κ1) is 6.67. The highest BCUT2D eigenvalue weighted by molar-refractivity contribution is 5.43. The van der Waals surface area contributed by atoms with Crippen molar-refractivity contribution >= 4 is 0 Å². The molecule has 0 unspecified atom stereocenters. The average Bonchev–Trinajstić information content (AvgIpc) is 2.68. The zero-order valence-corrected chi connectivity index (χ0v) is 6.90. The van der Waals surface area contributed by atoms with Gasteiger partial charge in [0.05, 0.1) is 0 Å². The van der Waals surface area contributed by atoms with Crippen molar-refractivity contribution in [3.05, 3.63) is 35.4 Å². The summed E-state index contributed by atoms with van der Waals surface area (Å²) in [7, 11) is 0. The van der Waals surface area contributed by atoms with E-state index in [-0.39, 0.29) is 0 Å². The maximum atomic E-state index is 9.04. The minimum Gasteiger partial charge on any atom is -0.396 e. The Balaban J connectivity index is 2.00. The van der Waals surface area contributed by atoms with E-state index < -0.39 is 0 Å². The number of fused-ring (bicyclic) bond motifs is 3. The Morgan fingerprint density at radius 1 is 1.33 bits per heavy atom. The van der Waals surface area contributed by atoms with Crippen molar-refractivity contribution in [1.82, 2.24) is 0 Å². The van der Waals surface area contributed by atoms with Crippen LogP contribution in [0.4, 0.5) is 0 Å². The number of rotatable bonds is 1. The van der Waals surface area contributed by atoms with Gasteiger partial charge in [-0.3, -0.25) is 0 Å². The van der Waals surface area contributed by atoms with E-state index >= 15 is 0 Å². The lowest BCUT2D eigenvalue weighted by Gasteiger charge is -2.03. The van der Waals surface area contributed by atoms with Crippen molar-refractivity contribution in [2.75, 3.05) is 6.61 Å². The first-order valence-corrected chi connectivity index (χ1v) is 4.60. The smallest absolute Gasteiger partial charge is 0.0468 e. The van der Waals surface area contributed by atoms with Gasteiger partial charge in [-0.1, -0.05) is 24.3 Å². The third kappa shape index (κ3) is 0.674. The summed E-state index contributed by atoms with van der Waals surface area (Å²) in [5, 5.41) is 9.04. The summed E-state index contributed by atoms with van der Waals surface area (Å²) in [6.45, 7) is 0.379. The molecule has 1 fully saturated rings. The zero-order valence-electron chi connectivity index (χ0n) is 6.90. The van der Waals surface area contributed by atoms with Gasteiger partial charge in [-0.05, 0) is 35.3 Å². The van der Waals surface area contributed by atoms with Gasteiger partial charge in [0.2, 0.25) is 0 Å². The summed E-state index contributed by atoms with van der Waals surface area (Å²) < 4.78 is 0. The van der Waals surface area contributed by atoms with Crippen molar-refractivity contribution in [3.8, 4) is 0 Å². The van der Waals surface area contributed by atoms with Gasteiger partial charge in [0.15, 0.2) is 0 Å². The first-order chi connectivity index (χ1) is 5.92. The normalized spacial score (nSPS) is 35.9. The van der Waals surface area contributed by atoms with Crippen LogP contribution in [-0.2, 0) is 6.42 Å². The number of hydrogen-bond acceptors (Lipinski definition) is 1. The lowest BCUT2D eigenvalue weighted by atomic mass is 10.0. The standard InChI is InChI=1S/C11H12O/c12-6-10-9-5-7-3-1-2-4-8(7)11(9)10/h1-4,9-12H,5-6H2/t9-,10-,11-/m0/s1. The Morgan fingerprint density at radius 2 is 2.17 bits per heavy atom. The second-order valence-corrected chi connectivity index (χ2v) is 3.94. The molecule has 62 valence electrons. The van der Waals surface area contributed by atoms with Crippen LogP contribution < -0.4 is 0 Å². The Morgan fingerprint density at radius 3 is 3.00 bits per heavy atom. The minimum absolute atomic E-state index is 0.379. The van der Waals surface area contributed by atoms with E-state index in [9.17, 15) is 0 Å². The molecule has 1 N–H and O–H groups in total. The molecular weight excluding hydrogens is 148 g/mol. The largest absolute Gasteiger partial charge is 0.396 e. The fourth-order valence-electron chi connectivity index (χ4n) is 2.73. The maximum absolute atomic E-state index is 9.04. The molecule has 3 atom stereocenters. The first-order valence-electron chi connectivity index (χ1n) is 4.60. The highest BCUT2D eigenvalue weighted by Crippen LogP contribution is 2.60. The van der Waals surface area contributed by atoms with Gasteiger partial charge in [0, 0.05) is 6.61 Å². The molecule has 1 aromatic carbocycles. The molecule has 1 nitrogen and oxygen atoms in total. The molecule has 2 aliphatic carbocycles. The summed E-state index contributed by atoms with van der Waals surface area (Å²) in [6, 6.07) is 8.65. The van der Waals surface area contributed by atoms with Gasteiger partial charge in [0.25, 0.3) is 0 Å². The number of benzene rings is 1. The third-order valence-electron chi connectivity index (χ3n) is 3.41. The summed E-state index contributed by atoms with van der Waals surface area (Å²) in [5.41, 5.74) is 3.01. The van der Waals surface area contributed by atoms with Gasteiger partial charge in [-0.2, -0.15) is 0 Å². The lowest BCUT2D eigenvalue weighted by Crippen LogP contribution is -1.96. The minimum atomic E-state index is 0.379. The highest BCUT2D eigenvalue weighted by Gasteiger charge is 2.54. The fourth-order valence-corrected chi connectivity index (χ4v) is 2.73. The molecule has 0 saturated heterocycles. The molecule has 0 amide bonds. The summed E-state index contributed by atoms with van der Waals surface area (Å²) in [4.78, 5) is 0. The molecular formula is C11H12O. The second kappa shape index (κ2) is 2.11. The molecule has 12 heavy (non-hydrogen) atoms. The van der Waals surface area contributed by atoms with E-state index in [0.717, 1.165) is 5.92 Å². The fraction of sp³-hybridized carbons (Fsp3) is 0.455. The van der Waals surface area contributed by atoms with Crippen LogP contribution in [0.5, 0.6) is 0 Å². The molecule has 0 spiro atoms. The van der Waals surface area contributed by atoms with E-state index in [0.29, 0.717) is 18.4 Å². The molecule has 0 aliphatic heterocycles. The van der Waals surface area contributed by atoms with Crippen LogP contribution in [0.1, 0.15) is 17.0 Å². The molecule has 3 rings (SSSR count). The summed E-state index contributed by atoms with van der Waals surface area (Å²) >= 11 is 0. The SMILES string of the molecule is OC[C@H]1[C@@H]2Cc3ccccc3[C@H]12. The molecule has 0 radical (unpaired) electrons. The Kier molecular flexibility index (Phi) is 1.17. The van der Waals surface area contributed by atoms with Gasteiger partial charge in [-0.15, -0.1) is 0 Å². The quantitative estimate of drug-likeness (QED) is 0.661. The molecule has 2 aliphatic rings. The maximum Gasteiger partial charge on any atom is 0.0468 e. The highest BCUT2D eigenvalue weighted by atomic mass is 16.3. The van der Waals surface area contributed by atoms with Gasteiger partial charge < -0.3 is 5.11 Å². The second-order valence-electron chi connectivity index (χ2n) is 3.94. The van der Waals surface area contributed by atoms with E-state index in [4.69, 9.17) is 5.11 Å². The molecule has 1 saturated carbocycles. The number of hydrogen-bond donors (Lipinski definition) is 1. The average molecular weight is 160 g/mol. The van der Waals surface area contributed by atoms with Crippen LogP contribution in [0.15, 0.2) is 24.3 Å². The Bertz CT molecular complexity index is 319. The predicted octanol–water partition coefficient (Wildman–Crippen LogP) is 1.56. The topological polar surface area (TPSA) is 20.2 Å². The van der Waals surface area contributed by atoms with E-state index in [2.05, 4.69) is 24.3 Å².